The van der Waals surface area contributed by atoms with Gasteiger partial charge in [-0.15, -0.1) is 6.42 Å². The minimum absolute atomic E-state index is 0.0219. The lowest BCUT2D eigenvalue weighted by Gasteiger charge is -2.52. The van der Waals surface area contributed by atoms with Crippen LogP contribution in [0.2, 0.25) is 18.1 Å². The smallest absolute Gasteiger partial charge is 0.232 e. The summed E-state index contributed by atoms with van der Waals surface area (Å²) in [7, 11) is -1.96. The molecule has 0 spiro atoms. The molecule has 0 aromatic heterocycles. The lowest BCUT2D eigenvalue weighted by Crippen LogP contribution is -2.65. The minimum Gasteiger partial charge on any atom is -0.413 e. The van der Waals surface area contributed by atoms with E-state index in [1.165, 1.54) is 0 Å². The first-order valence-electron chi connectivity index (χ1n) is 9.56. The Balaban J connectivity index is 2.20. The Labute approximate surface area is 160 Å². The van der Waals surface area contributed by atoms with E-state index in [1.54, 1.807) is 0 Å². The number of benzene rings is 1. The number of nitrogens with zero attached hydrogens (tertiary/aromatic N) is 1. The fourth-order valence-electron chi connectivity index (χ4n) is 3.37. The first kappa shape index (κ1) is 20.7. The van der Waals surface area contributed by atoms with Gasteiger partial charge in [0.15, 0.2) is 8.32 Å². The number of likely N-dealkylation sites (tertiary alicyclic amines) is 1. The van der Waals surface area contributed by atoms with Gasteiger partial charge in [0.05, 0.1) is 18.1 Å². The third kappa shape index (κ3) is 3.75. The van der Waals surface area contributed by atoms with Gasteiger partial charge in [-0.1, -0.05) is 63.9 Å². The molecule has 0 bridgehead atoms. The number of rotatable bonds is 6. The van der Waals surface area contributed by atoms with Gasteiger partial charge in [0, 0.05) is 0 Å². The predicted molar refractivity (Wildman–Crippen MR) is 110 cm³/mol. The van der Waals surface area contributed by atoms with Crippen molar-refractivity contribution < 1.29 is 9.22 Å². The van der Waals surface area contributed by atoms with Crippen LogP contribution in [0.5, 0.6) is 0 Å². The number of β-lactam (4-membered cyclic amide) rings is 1. The zero-order chi connectivity index (χ0) is 19.7. The van der Waals surface area contributed by atoms with Crippen molar-refractivity contribution in [3.63, 3.8) is 0 Å². The van der Waals surface area contributed by atoms with Crippen molar-refractivity contribution in [1.82, 2.24) is 4.90 Å². The Morgan fingerprint density at radius 1 is 1.27 bits per heavy atom. The van der Waals surface area contributed by atoms with Gasteiger partial charge < -0.3 is 9.33 Å². The van der Waals surface area contributed by atoms with E-state index in [0.717, 1.165) is 12.0 Å². The molecule has 1 heterocycles. The molecule has 0 radical (unpaired) electrons. The molecule has 142 valence electrons. The highest BCUT2D eigenvalue weighted by Crippen LogP contribution is 2.43. The lowest BCUT2D eigenvalue weighted by molar-refractivity contribution is -0.163. The van der Waals surface area contributed by atoms with Crippen LogP contribution in [0.3, 0.4) is 0 Å². The van der Waals surface area contributed by atoms with Crippen LogP contribution in [0.1, 0.15) is 52.6 Å². The third-order valence-corrected chi connectivity index (χ3v) is 10.6. The van der Waals surface area contributed by atoms with Crippen LogP contribution < -0.4 is 0 Å². The lowest BCUT2D eigenvalue weighted by atomic mass is 9.80. The van der Waals surface area contributed by atoms with Gasteiger partial charge in [-0.25, -0.2) is 0 Å². The number of hydrogen-bond acceptors (Lipinski definition) is 2. The van der Waals surface area contributed by atoms with Crippen LogP contribution in [0, 0.1) is 18.3 Å². The van der Waals surface area contributed by atoms with Crippen molar-refractivity contribution in [3.05, 3.63) is 35.9 Å². The molecule has 0 saturated carbocycles. The second-order valence-corrected chi connectivity index (χ2v) is 13.6. The van der Waals surface area contributed by atoms with Crippen molar-refractivity contribution in [2.75, 3.05) is 0 Å². The van der Waals surface area contributed by atoms with E-state index in [4.69, 9.17) is 10.8 Å². The van der Waals surface area contributed by atoms with E-state index in [2.05, 4.69) is 46.7 Å². The van der Waals surface area contributed by atoms with Crippen LogP contribution in [0.4, 0.5) is 0 Å². The third-order valence-electron chi connectivity index (χ3n) is 6.10. The summed E-state index contributed by atoms with van der Waals surface area (Å²) in [5.41, 5.74) is 1.11. The normalized spacial score (nSPS) is 23.2. The molecule has 26 heavy (non-hydrogen) atoms. The Morgan fingerprint density at radius 2 is 1.85 bits per heavy atom. The number of hydrogen-bond donors (Lipinski definition) is 0. The van der Waals surface area contributed by atoms with E-state index < -0.39 is 8.32 Å². The van der Waals surface area contributed by atoms with E-state index in [0.29, 0.717) is 0 Å². The molecule has 3 nitrogen and oxygen atoms in total. The molecule has 1 aliphatic heterocycles. The second-order valence-electron chi connectivity index (χ2n) is 8.79. The van der Waals surface area contributed by atoms with E-state index in [1.807, 2.05) is 42.2 Å². The van der Waals surface area contributed by atoms with E-state index in [-0.39, 0.29) is 35.1 Å². The van der Waals surface area contributed by atoms with Crippen LogP contribution in [0.25, 0.3) is 0 Å². The summed E-state index contributed by atoms with van der Waals surface area (Å²) in [4.78, 5) is 14.9. The highest BCUT2D eigenvalue weighted by molar-refractivity contribution is 6.74. The summed E-state index contributed by atoms with van der Waals surface area (Å²) < 4.78 is 6.59. The summed E-state index contributed by atoms with van der Waals surface area (Å²) in [6, 6.07) is 9.83. The van der Waals surface area contributed by atoms with Crippen LogP contribution >= 0.6 is 0 Å². The van der Waals surface area contributed by atoms with E-state index in [9.17, 15) is 4.79 Å². The predicted octanol–water partition coefficient (Wildman–Crippen LogP) is 5.01. The number of amides is 1. The van der Waals surface area contributed by atoms with Gasteiger partial charge in [-0.3, -0.25) is 4.79 Å². The van der Waals surface area contributed by atoms with Crippen molar-refractivity contribution in [2.24, 2.45) is 5.92 Å². The highest BCUT2D eigenvalue weighted by atomic mass is 28.4. The molecule has 1 amide bonds. The van der Waals surface area contributed by atoms with E-state index >= 15 is 0 Å². The summed E-state index contributed by atoms with van der Waals surface area (Å²) in [5, 5.41) is 0.107. The molecular weight excluding hydrogens is 338 g/mol. The van der Waals surface area contributed by atoms with Gasteiger partial charge in [0.25, 0.3) is 0 Å². The largest absolute Gasteiger partial charge is 0.413 e. The minimum atomic E-state index is -1.96. The SMILES string of the molecule is C#C[C@@H]1[C@H]([C@H](CC)O[Si](C)(C)C(C)(C)C)C(=O)N1[C@H](C)c1ccccc1. The molecule has 4 atom stereocenters. The van der Waals surface area contributed by atoms with Crippen LogP contribution in [0.15, 0.2) is 30.3 Å². The van der Waals surface area contributed by atoms with Gasteiger partial charge in [-0.05, 0) is 37.0 Å². The standard InChI is InChI=1S/C22H33NO2Si/c1-9-18-20(19(10-2)25-26(7,8)22(4,5)6)21(24)23(18)16(3)17-14-12-11-13-15-17/h1,11-16,18-20H,10H2,2-8H3/t16-,18-,19+,20-/m1/s1. The Hall–Kier alpha value is -1.57. The summed E-state index contributed by atoms with van der Waals surface area (Å²) in [6.45, 7) is 15.2. The topological polar surface area (TPSA) is 29.5 Å². The molecule has 1 aliphatic rings. The van der Waals surface area contributed by atoms with Crippen molar-refractivity contribution in [2.45, 2.75) is 77.4 Å². The first-order chi connectivity index (χ1) is 12.0. The highest BCUT2D eigenvalue weighted by Gasteiger charge is 2.54. The molecule has 0 aliphatic carbocycles. The average Bonchev–Trinajstić information content (AvgIpc) is 2.58. The quantitative estimate of drug-likeness (QED) is 0.400. The first-order valence-corrected chi connectivity index (χ1v) is 12.5. The number of terminal acetylenes is 1. The number of carbonyl (C=O) groups excluding carboxylic acids is 1. The maximum absolute atomic E-state index is 13.0. The van der Waals surface area contributed by atoms with Gasteiger partial charge in [-0.2, -0.15) is 0 Å². The molecular formula is C22H33NO2Si. The van der Waals surface area contributed by atoms with Crippen molar-refractivity contribution in [1.29, 1.82) is 0 Å². The Morgan fingerprint density at radius 3 is 2.31 bits per heavy atom. The van der Waals surface area contributed by atoms with Crippen LogP contribution in [-0.2, 0) is 9.22 Å². The zero-order valence-electron chi connectivity index (χ0n) is 17.2. The molecule has 1 fully saturated rings. The second kappa shape index (κ2) is 7.58. The van der Waals surface area contributed by atoms with Crippen molar-refractivity contribution >= 4 is 14.2 Å². The van der Waals surface area contributed by atoms with Gasteiger partial charge >= 0.3 is 0 Å². The molecule has 2 rings (SSSR count). The fourth-order valence-corrected chi connectivity index (χ4v) is 4.79. The molecule has 1 aromatic carbocycles. The molecule has 1 aromatic rings. The molecule has 1 saturated heterocycles. The molecule has 0 unspecified atom stereocenters. The number of carbonyl (C=O) groups is 1. The zero-order valence-corrected chi connectivity index (χ0v) is 18.2. The molecule has 0 N–H and O–H groups in total. The van der Waals surface area contributed by atoms with Gasteiger partial charge in [0.1, 0.15) is 6.04 Å². The Bertz CT molecular complexity index is 672. The average molecular weight is 372 g/mol. The summed E-state index contributed by atoms with van der Waals surface area (Å²) in [6.07, 6.45) is 6.54. The van der Waals surface area contributed by atoms with Gasteiger partial charge in [0.2, 0.25) is 5.91 Å². The molecule has 4 heteroatoms. The van der Waals surface area contributed by atoms with Crippen LogP contribution in [-0.4, -0.2) is 31.3 Å². The summed E-state index contributed by atoms with van der Waals surface area (Å²) >= 11 is 0. The maximum atomic E-state index is 13.0. The maximum Gasteiger partial charge on any atom is 0.232 e. The fraction of sp³-hybridized carbons (Fsp3) is 0.591. The monoisotopic (exact) mass is 371 g/mol. The van der Waals surface area contributed by atoms with Crippen molar-refractivity contribution in [3.8, 4) is 12.3 Å². The Kier molecular flexibility index (Phi) is 6.05. The summed E-state index contributed by atoms with van der Waals surface area (Å²) in [5.74, 6) is 2.75.